The first kappa shape index (κ1) is 15.8. The highest BCUT2D eigenvalue weighted by molar-refractivity contribution is 8.29. The zero-order valence-electron chi connectivity index (χ0n) is 13.3. The Hall–Kier alpha value is -0.543. The van der Waals surface area contributed by atoms with Crippen molar-refractivity contribution in [3.63, 3.8) is 0 Å². The first-order valence-corrected chi connectivity index (χ1v) is 12.9. The van der Waals surface area contributed by atoms with Gasteiger partial charge in [0.25, 0.3) is 0 Å². The van der Waals surface area contributed by atoms with Gasteiger partial charge >= 0.3 is 0 Å². The molecule has 0 N–H and O–H groups in total. The molecule has 20 heavy (non-hydrogen) atoms. The SMILES string of the molecule is Cc1cccc(N=C2CCCCCC2S[Si](C)(C)C)c1. The number of hydrogen-bond donors (Lipinski definition) is 0. The maximum Gasteiger partial charge on any atom is 0.109 e. The molecule has 0 saturated heterocycles. The molecule has 1 unspecified atom stereocenters. The van der Waals surface area contributed by atoms with Gasteiger partial charge in [-0.15, -0.1) is 0 Å². The lowest BCUT2D eigenvalue weighted by atomic mass is 10.1. The maximum atomic E-state index is 5.02. The molecule has 1 aliphatic rings. The van der Waals surface area contributed by atoms with Gasteiger partial charge in [0.2, 0.25) is 0 Å². The Morgan fingerprint density at radius 2 is 1.95 bits per heavy atom. The van der Waals surface area contributed by atoms with Crippen molar-refractivity contribution in [2.45, 2.75) is 63.9 Å². The summed E-state index contributed by atoms with van der Waals surface area (Å²) in [4.78, 5) is 5.02. The highest BCUT2D eigenvalue weighted by Crippen LogP contribution is 2.33. The molecule has 0 heterocycles. The highest BCUT2D eigenvalue weighted by atomic mass is 32.4. The molecular weight excluding hydrogens is 278 g/mol. The molecule has 0 aliphatic heterocycles. The second-order valence-electron chi connectivity index (χ2n) is 6.76. The van der Waals surface area contributed by atoms with Gasteiger partial charge in [-0.2, -0.15) is 11.2 Å². The fourth-order valence-corrected chi connectivity index (χ4v) is 7.45. The van der Waals surface area contributed by atoms with Crippen LogP contribution < -0.4 is 0 Å². The lowest BCUT2D eigenvalue weighted by Gasteiger charge is -2.24. The van der Waals surface area contributed by atoms with Gasteiger partial charge in [-0.05, 0) is 43.9 Å². The summed E-state index contributed by atoms with van der Waals surface area (Å²) in [5, 5.41) is 0.657. The summed E-state index contributed by atoms with van der Waals surface area (Å²) in [6, 6.07) is 8.60. The minimum Gasteiger partial charge on any atom is -0.257 e. The Morgan fingerprint density at radius 1 is 1.15 bits per heavy atom. The van der Waals surface area contributed by atoms with Gasteiger partial charge in [-0.3, -0.25) is 4.99 Å². The molecule has 1 fully saturated rings. The smallest absolute Gasteiger partial charge is 0.109 e. The molecule has 3 heteroatoms. The van der Waals surface area contributed by atoms with Crippen LogP contribution in [0.1, 0.15) is 37.7 Å². The third-order valence-electron chi connectivity index (χ3n) is 3.54. The molecule has 1 nitrogen and oxygen atoms in total. The topological polar surface area (TPSA) is 12.4 Å². The van der Waals surface area contributed by atoms with Crippen LogP contribution in [0.25, 0.3) is 0 Å². The Balaban J connectivity index is 2.23. The van der Waals surface area contributed by atoms with Crippen LogP contribution >= 0.6 is 11.2 Å². The monoisotopic (exact) mass is 305 g/mol. The van der Waals surface area contributed by atoms with E-state index in [0.29, 0.717) is 5.25 Å². The number of aryl methyl sites for hydroxylation is 1. The van der Waals surface area contributed by atoms with E-state index >= 15 is 0 Å². The van der Waals surface area contributed by atoms with E-state index in [9.17, 15) is 0 Å². The van der Waals surface area contributed by atoms with Crippen LogP contribution in [0.4, 0.5) is 5.69 Å². The fourth-order valence-electron chi connectivity index (χ4n) is 2.69. The first-order chi connectivity index (χ1) is 9.44. The van der Waals surface area contributed by atoms with Crippen molar-refractivity contribution in [3.05, 3.63) is 29.8 Å². The lowest BCUT2D eigenvalue weighted by molar-refractivity contribution is 0.706. The van der Waals surface area contributed by atoms with E-state index in [1.54, 1.807) is 0 Å². The van der Waals surface area contributed by atoms with Gasteiger partial charge in [0.05, 0.1) is 5.69 Å². The molecule has 0 radical (unpaired) electrons. The molecule has 2 rings (SSSR count). The number of hydrogen-bond acceptors (Lipinski definition) is 2. The minimum absolute atomic E-state index is 0.657. The molecular formula is C17H27NSSi. The van der Waals surface area contributed by atoms with Crippen LogP contribution in [0.5, 0.6) is 0 Å². The van der Waals surface area contributed by atoms with Crippen molar-refractivity contribution < 1.29 is 0 Å². The maximum absolute atomic E-state index is 5.02. The summed E-state index contributed by atoms with van der Waals surface area (Å²) in [5.41, 5.74) is 3.89. The van der Waals surface area contributed by atoms with E-state index in [-0.39, 0.29) is 0 Å². The summed E-state index contributed by atoms with van der Waals surface area (Å²) in [7, 11) is -1.10. The summed E-state index contributed by atoms with van der Waals surface area (Å²) < 4.78 is 0. The molecule has 1 aromatic rings. The van der Waals surface area contributed by atoms with Crippen LogP contribution in [0.2, 0.25) is 19.6 Å². The average Bonchev–Trinajstić information content (AvgIpc) is 2.54. The summed E-state index contributed by atoms with van der Waals surface area (Å²) in [6.45, 7) is 9.50. The fraction of sp³-hybridized carbons (Fsp3) is 0.588. The van der Waals surface area contributed by atoms with Crippen LogP contribution in [0.15, 0.2) is 29.3 Å². The first-order valence-electron chi connectivity index (χ1n) is 7.76. The van der Waals surface area contributed by atoms with Crippen molar-refractivity contribution in [1.82, 2.24) is 0 Å². The van der Waals surface area contributed by atoms with Gasteiger partial charge in [0.1, 0.15) is 7.22 Å². The molecule has 0 aromatic heterocycles. The molecule has 1 saturated carbocycles. The zero-order valence-corrected chi connectivity index (χ0v) is 15.1. The van der Waals surface area contributed by atoms with Gasteiger partial charge in [-0.25, -0.2) is 0 Å². The van der Waals surface area contributed by atoms with Crippen molar-refractivity contribution in [3.8, 4) is 0 Å². The number of rotatable bonds is 3. The van der Waals surface area contributed by atoms with Crippen LogP contribution in [0.3, 0.4) is 0 Å². The minimum atomic E-state index is -1.10. The van der Waals surface area contributed by atoms with Crippen molar-refractivity contribution >= 4 is 29.8 Å². The van der Waals surface area contributed by atoms with Crippen molar-refractivity contribution in [2.75, 3.05) is 0 Å². The van der Waals surface area contributed by atoms with Crippen molar-refractivity contribution in [2.24, 2.45) is 4.99 Å². The van der Waals surface area contributed by atoms with Crippen LogP contribution in [-0.4, -0.2) is 18.2 Å². The van der Waals surface area contributed by atoms with Gasteiger partial charge in [0, 0.05) is 11.0 Å². The normalized spacial score (nSPS) is 22.8. The molecule has 110 valence electrons. The number of aliphatic imine (C=N–C) groups is 1. The largest absolute Gasteiger partial charge is 0.257 e. The number of nitrogens with zero attached hydrogens (tertiary/aromatic N) is 1. The zero-order chi connectivity index (χ0) is 14.6. The summed E-state index contributed by atoms with van der Waals surface area (Å²) >= 11 is 2.23. The average molecular weight is 306 g/mol. The lowest BCUT2D eigenvalue weighted by Crippen LogP contribution is -2.25. The van der Waals surface area contributed by atoms with Crippen molar-refractivity contribution in [1.29, 1.82) is 0 Å². The van der Waals surface area contributed by atoms with Crippen LogP contribution in [0, 0.1) is 6.92 Å². The van der Waals surface area contributed by atoms with E-state index in [1.165, 1.54) is 43.4 Å². The highest BCUT2D eigenvalue weighted by Gasteiger charge is 2.26. The molecule has 0 spiro atoms. The molecule has 1 aromatic carbocycles. The second kappa shape index (κ2) is 6.95. The Labute approximate surface area is 128 Å². The molecule has 1 atom stereocenters. The van der Waals surface area contributed by atoms with Gasteiger partial charge in [-0.1, -0.05) is 44.6 Å². The summed E-state index contributed by atoms with van der Waals surface area (Å²) in [6.07, 6.45) is 6.56. The molecule has 0 amide bonds. The van der Waals surface area contributed by atoms with Gasteiger partial charge < -0.3 is 0 Å². The Bertz CT molecular complexity index is 476. The number of benzene rings is 1. The predicted octanol–water partition coefficient (Wildman–Crippen LogP) is 5.97. The van der Waals surface area contributed by atoms with E-state index < -0.39 is 7.22 Å². The van der Waals surface area contributed by atoms with E-state index in [0.717, 1.165) is 5.69 Å². The van der Waals surface area contributed by atoms with Gasteiger partial charge in [0.15, 0.2) is 0 Å². The third kappa shape index (κ3) is 5.10. The van der Waals surface area contributed by atoms with E-state index in [1.807, 2.05) is 0 Å². The predicted molar refractivity (Wildman–Crippen MR) is 96.1 cm³/mol. The Morgan fingerprint density at radius 3 is 2.65 bits per heavy atom. The third-order valence-corrected chi connectivity index (χ3v) is 8.02. The molecule has 1 aliphatic carbocycles. The quantitative estimate of drug-likeness (QED) is 0.495. The van der Waals surface area contributed by atoms with Crippen LogP contribution in [-0.2, 0) is 0 Å². The van der Waals surface area contributed by atoms with E-state index in [2.05, 4.69) is 62.0 Å². The molecule has 0 bridgehead atoms. The Kier molecular flexibility index (Phi) is 5.50. The summed E-state index contributed by atoms with van der Waals surface area (Å²) in [5.74, 6) is 0. The standard InChI is InChI=1S/C17H27NSSi/c1-14-9-8-10-15(13-14)18-16-11-6-5-7-12-17(16)19-20(2,3)4/h8-10,13,17H,5-7,11-12H2,1-4H3. The second-order valence-corrected chi connectivity index (χ2v) is 16.2. The van der Waals surface area contributed by atoms with E-state index in [4.69, 9.17) is 4.99 Å².